The normalized spacial score (nSPS) is 11.4. The van der Waals surface area contributed by atoms with Crippen molar-refractivity contribution in [2.45, 2.75) is 91.9 Å². The number of methoxy groups -OCH3 is 1. The molecule has 0 amide bonds. The average molecular weight is 1020 g/mol. The topological polar surface area (TPSA) is 163 Å². The zero-order valence-corrected chi connectivity index (χ0v) is 46.1. The van der Waals surface area contributed by atoms with Crippen molar-refractivity contribution in [1.29, 1.82) is 0 Å². The van der Waals surface area contributed by atoms with Crippen LogP contribution in [0.1, 0.15) is 91.9 Å². The third kappa shape index (κ3) is 66.7. The van der Waals surface area contributed by atoms with E-state index >= 15 is 0 Å². The van der Waals surface area contributed by atoms with Gasteiger partial charge in [-0.2, -0.15) is 0 Å². The van der Waals surface area contributed by atoms with Crippen LogP contribution in [-0.4, -0.2) is 171 Å². The predicted octanol–water partition coefficient (Wildman–Crippen LogP) is 8.38. The van der Waals surface area contributed by atoms with Crippen LogP contribution < -0.4 is 38.5 Å². The molecule has 0 aromatic rings. The van der Waals surface area contributed by atoms with Crippen LogP contribution in [0.2, 0.25) is 0 Å². The highest BCUT2D eigenvalue weighted by Crippen LogP contribution is 2.25. The van der Waals surface area contributed by atoms with Crippen molar-refractivity contribution in [1.82, 2.24) is 21.3 Å². The van der Waals surface area contributed by atoms with E-state index in [2.05, 4.69) is 42.0 Å². The van der Waals surface area contributed by atoms with Gasteiger partial charge < -0.3 is 57.4 Å². The van der Waals surface area contributed by atoms with Gasteiger partial charge in [-0.1, -0.05) is 114 Å². The van der Waals surface area contributed by atoms with Crippen LogP contribution >= 0.6 is 86.4 Å². The zero-order chi connectivity index (χ0) is 45.3. The number of rotatable bonds is 50. The van der Waals surface area contributed by atoms with Crippen molar-refractivity contribution >= 4 is 86.4 Å². The zero-order valence-electron chi connectivity index (χ0n) is 39.6. The summed E-state index contributed by atoms with van der Waals surface area (Å²) in [4.78, 5) is 0. The number of hydrogen-bond donors (Lipinski definition) is 7. The Balaban J connectivity index is -0.000000957. The number of unbranched alkanes of at least 4 members (excludes halogenated alkanes) is 1. The van der Waals surface area contributed by atoms with Crippen LogP contribution in [0.3, 0.4) is 0 Å². The highest BCUT2D eigenvalue weighted by atomic mass is 33.1. The molecule has 0 aromatic heterocycles. The minimum absolute atomic E-state index is 0.119. The summed E-state index contributed by atoms with van der Waals surface area (Å²) < 4.78 is 22.2. The van der Waals surface area contributed by atoms with Crippen LogP contribution in [0.25, 0.3) is 0 Å². The van der Waals surface area contributed by atoms with Crippen molar-refractivity contribution in [3.63, 3.8) is 0 Å². The van der Waals surface area contributed by atoms with Crippen molar-refractivity contribution in [2.75, 3.05) is 171 Å². The first-order chi connectivity index (χ1) is 30.0. The van der Waals surface area contributed by atoms with Gasteiger partial charge in [-0.15, -0.1) is 0 Å². The van der Waals surface area contributed by atoms with Crippen molar-refractivity contribution in [2.24, 2.45) is 22.6 Å². The SMILES string of the molecule is CCC(C)(COCCCSSCCNCCCN)COCCCSSCCNCCCN.CCCCNCCSSCCCOC.CCOCCCSSCCNCCCN. The smallest absolute Gasteiger partial charge is 0.0541 e. The summed E-state index contributed by atoms with van der Waals surface area (Å²) in [6.45, 7) is 25.6. The molecular formula is C42H97N7O4S8. The van der Waals surface area contributed by atoms with Gasteiger partial charge in [0, 0.05) is 118 Å². The van der Waals surface area contributed by atoms with Crippen LogP contribution in [0.4, 0.5) is 0 Å². The Hall–Kier alpha value is 2.36. The van der Waals surface area contributed by atoms with Gasteiger partial charge in [-0.05, 0) is 111 Å². The van der Waals surface area contributed by atoms with E-state index in [4.69, 9.17) is 36.1 Å². The summed E-state index contributed by atoms with van der Waals surface area (Å²) in [6, 6.07) is 0. The molecule has 372 valence electrons. The molecule has 0 heterocycles. The van der Waals surface area contributed by atoms with Crippen LogP contribution in [0.15, 0.2) is 0 Å². The van der Waals surface area contributed by atoms with E-state index in [9.17, 15) is 0 Å². The van der Waals surface area contributed by atoms with E-state index in [1.807, 2.05) is 93.3 Å². The minimum atomic E-state index is 0.119. The first kappa shape index (κ1) is 67.6. The third-order valence-electron chi connectivity index (χ3n) is 8.25. The first-order valence-corrected chi connectivity index (χ1v) is 33.1. The molecule has 0 aliphatic carbocycles. The van der Waals surface area contributed by atoms with E-state index in [1.165, 1.54) is 42.4 Å². The molecule has 0 aromatic carbocycles. The van der Waals surface area contributed by atoms with Gasteiger partial charge in [0.25, 0.3) is 0 Å². The largest absolute Gasteiger partial charge is 0.385 e. The molecule has 10 N–H and O–H groups in total. The molecule has 0 fully saturated rings. The minimum Gasteiger partial charge on any atom is -0.385 e. The molecule has 0 aliphatic rings. The Labute approximate surface area is 409 Å². The molecule has 11 nitrogen and oxygen atoms in total. The van der Waals surface area contributed by atoms with Gasteiger partial charge in [-0.25, -0.2) is 0 Å². The lowest BCUT2D eigenvalue weighted by molar-refractivity contribution is -0.0143. The molecule has 0 spiro atoms. The monoisotopic (exact) mass is 1020 g/mol. The van der Waals surface area contributed by atoms with Crippen LogP contribution in [0.5, 0.6) is 0 Å². The molecule has 19 heteroatoms. The number of hydrogen-bond acceptors (Lipinski definition) is 19. The second-order valence-electron chi connectivity index (χ2n) is 14.2. The Morgan fingerprint density at radius 2 is 0.738 bits per heavy atom. The maximum absolute atomic E-state index is 5.97. The Bertz CT molecular complexity index is 709. The molecule has 0 atom stereocenters. The summed E-state index contributed by atoms with van der Waals surface area (Å²) in [5, 5.41) is 13.6. The third-order valence-corrected chi connectivity index (χ3v) is 18.2. The Morgan fingerprint density at radius 1 is 0.410 bits per heavy atom. The van der Waals surface area contributed by atoms with Gasteiger partial charge in [0.2, 0.25) is 0 Å². The summed E-state index contributed by atoms with van der Waals surface area (Å²) in [7, 11) is 17.3. The summed E-state index contributed by atoms with van der Waals surface area (Å²) >= 11 is 0. The van der Waals surface area contributed by atoms with Gasteiger partial charge in [0.15, 0.2) is 0 Å². The molecular weight excluding hydrogens is 923 g/mol. The molecule has 0 saturated carbocycles. The van der Waals surface area contributed by atoms with E-state index in [1.54, 1.807) is 7.11 Å². The lowest BCUT2D eigenvalue weighted by Gasteiger charge is -2.27. The summed E-state index contributed by atoms with van der Waals surface area (Å²) in [5.41, 5.74) is 16.5. The molecule has 0 saturated heterocycles. The standard InChI is InChI=1S/C22H50N4O2S4.C10H24N2OS2.C10H23NOS2/c1-3-22(2,20-27-14-6-16-29-31-18-12-25-10-4-8-23)21-28-15-7-17-30-32-19-13-26-11-5-9-24;1-2-13-8-4-9-14-15-10-7-12-6-3-5-11;1-3-4-6-11-7-10-14-13-9-5-8-12-2/h25-26H,3-21,23-24H2,1-2H3;12H,2-11H2,1H3;11H,3-10H2,1-2H3. The summed E-state index contributed by atoms with van der Waals surface area (Å²) in [6.07, 6.45) is 11.4. The van der Waals surface area contributed by atoms with E-state index < -0.39 is 0 Å². The quantitative estimate of drug-likeness (QED) is 0.0230. The maximum Gasteiger partial charge on any atom is 0.0541 e. The second kappa shape index (κ2) is 64.4. The lowest BCUT2D eigenvalue weighted by atomic mass is 9.90. The number of nitrogens with two attached hydrogens (primary N) is 3. The van der Waals surface area contributed by atoms with Gasteiger partial charge in [0.1, 0.15) is 0 Å². The number of nitrogens with one attached hydrogen (secondary N) is 4. The van der Waals surface area contributed by atoms with Gasteiger partial charge in [0.05, 0.1) is 13.2 Å². The second-order valence-corrected chi connectivity index (χ2v) is 25.0. The van der Waals surface area contributed by atoms with E-state index in [-0.39, 0.29) is 5.41 Å². The molecule has 61 heavy (non-hydrogen) atoms. The number of ether oxygens (including phenoxy) is 4. The molecule has 0 rings (SSSR count). The lowest BCUT2D eigenvalue weighted by Crippen LogP contribution is -2.29. The molecule has 0 bridgehead atoms. The fourth-order valence-electron chi connectivity index (χ4n) is 4.36. The fourth-order valence-corrected chi connectivity index (χ4v) is 12.4. The van der Waals surface area contributed by atoms with E-state index in [0.717, 1.165) is 186 Å². The van der Waals surface area contributed by atoms with Crippen molar-refractivity contribution < 1.29 is 18.9 Å². The first-order valence-electron chi connectivity index (χ1n) is 23.1. The van der Waals surface area contributed by atoms with Gasteiger partial charge in [-0.3, -0.25) is 0 Å². The fraction of sp³-hybridized carbons (Fsp3) is 1.00. The Kier molecular flexibility index (Phi) is 71.4. The highest BCUT2D eigenvalue weighted by molar-refractivity contribution is 8.77. The van der Waals surface area contributed by atoms with E-state index in [0.29, 0.717) is 0 Å². The molecule has 0 unspecified atom stereocenters. The van der Waals surface area contributed by atoms with Crippen LogP contribution in [-0.2, 0) is 18.9 Å². The maximum atomic E-state index is 5.97. The highest BCUT2D eigenvalue weighted by Gasteiger charge is 2.22. The van der Waals surface area contributed by atoms with Crippen molar-refractivity contribution in [3.8, 4) is 0 Å². The van der Waals surface area contributed by atoms with Crippen molar-refractivity contribution in [3.05, 3.63) is 0 Å². The molecule has 0 aliphatic heterocycles. The summed E-state index contributed by atoms with van der Waals surface area (Å²) in [5.74, 6) is 9.35. The Morgan fingerprint density at radius 3 is 1.05 bits per heavy atom. The van der Waals surface area contributed by atoms with Crippen LogP contribution in [0, 0.1) is 5.41 Å². The average Bonchev–Trinajstić information content (AvgIpc) is 3.27. The van der Waals surface area contributed by atoms with Gasteiger partial charge >= 0.3 is 0 Å². The predicted molar refractivity (Wildman–Crippen MR) is 294 cm³/mol. The molecule has 0 radical (unpaired) electrons.